The second kappa shape index (κ2) is 7.13. The molecule has 0 unspecified atom stereocenters. The lowest BCUT2D eigenvalue weighted by Crippen LogP contribution is -2.26. The molecule has 126 valence electrons. The molecule has 1 N–H and O–H groups in total. The van der Waals surface area contributed by atoms with E-state index in [0.29, 0.717) is 11.5 Å². The number of nitrogens with one attached hydrogen (secondary N) is 1. The molecule has 2 aromatic carbocycles. The lowest BCUT2D eigenvalue weighted by Gasteiger charge is -2.27. The Bertz CT molecular complexity index is 893. The van der Waals surface area contributed by atoms with Crippen LogP contribution in [0.4, 0.5) is 11.4 Å². The molecular weight excluding hydrogens is 334 g/mol. The van der Waals surface area contributed by atoms with Crippen molar-refractivity contribution in [3.05, 3.63) is 66.5 Å². The summed E-state index contributed by atoms with van der Waals surface area (Å²) in [7, 11) is 0. The van der Waals surface area contributed by atoms with Gasteiger partial charge in [-0.1, -0.05) is 6.07 Å². The summed E-state index contributed by atoms with van der Waals surface area (Å²) in [5, 5.41) is 5.05. The van der Waals surface area contributed by atoms with Gasteiger partial charge in [-0.2, -0.15) is 0 Å². The zero-order chi connectivity index (χ0) is 17.1. The number of benzene rings is 2. The van der Waals surface area contributed by atoms with Gasteiger partial charge in [0.25, 0.3) is 5.91 Å². The number of carbonyl (C=O) groups is 1. The van der Waals surface area contributed by atoms with E-state index in [4.69, 9.17) is 4.74 Å². The van der Waals surface area contributed by atoms with Gasteiger partial charge < -0.3 is 14.4 Å². The third-order valence-electron chi connectivity index (χ3n) is 4.05. The minimum atomic E-state index is -0.116. The second-order valence-electron chi connectivity index (χ2n) is 5.70. The third kappa shape index (κ3) is 3.60. The number of fused-ring (bicyclic) bond motifs is 1. The molecule has 0 aliphatic carbocycles. The monoisotopic (exact) mass is 351 g/mol. The Balaban J connectivity index is 1.48. The molecule has 0 spiro atoms. The maximum absolute atomic E-state index is 12.5. The summed E-state index contributed by atoms with van der Waals surface area (Å²) in [5.41, 5.74) is 2.50. The van der Waals surface area contributed by atoms with E-state index in [2.05, 4.69) is 14.6 Å². The van der Waals surface area contributed by atoms with Crippen molar-refractivity contribution >= 4 is 40.0 Å². The van der Waals surface area contributed by atoms with E-state index in [0.717, 1.165) is 35.3 Å². The molecule has 2 heterocycles. The molecular formula is C19H17N3O2S. The summed E-state index contributed by atoms with van der Waals surface area (Å²) < 4.78 is 7.52. The SMILES string of the molecule is O=C(Nc1ccc2cnccc2c1)c1ccc(N2CCOCS2)cc1. The van der Waals surface area contributed by atoms with Crippen LogP contribution in [0.5, 0.6) is 0 Å². The highest BCUT2D eigenvalue weighted by Crippen LogP contribution is 2.25. The van der Waals surface area contributed by atoms with Crippen molar-refractivity contribution in [3.8, 4) is 0 Å². The first-order chi connectivity index (χ1) is 12.3. The van der Waals surface area contributed by atoms with Crippen LogP contribution in [0.1, 0.15) is 10.4 Å². The molecule has 0 atom stereocenters. The molecule has 4 rings (SSSR count). The summed E-state index contributed by atoms with van der Waals surface area (Å²) in [6.07, 6.45) is 3.56. The second-order valence-corrected chi connectivity index (χ2v) is 6.63. The zero-order valence-electron chi connectivity index (χ0n) is 13.5. The molecule has 1 aliphatic heterocycles. The van der Waals surface area contributed by atoms with E-state index in [-0.39, 0.29) is 5.91 Å². The standard InChI is InChI=1S/C19H17N3O2S/c23-19(21-17-4-1-16-12-20-8-7-15(16)11-17)14-2-5-18(6-3-14)22-9-10-24-13-25-22/h1-8,11-12H,9-10,13H2,(H,21,23). The zero-order valence-corrected chi connectivity index (χ0v) is 14.3. The Labute approximate surface area is 150 Å². The maximum Gasteiger partial charge on any atom is 0.255 e. The van der Waals surface area contributed by atoms with E-state index in [1.54, 1.807) is 18.1 Å². The molecule has 1 amide bonds. The Morgan fingerprint density at radius 2 is 2.00 bits per heavy atom. The molecule has 0 saturated carbocycles. The van der Waals surface area contributed by atoms with Crippen LogP contribution in [0.25, 0.3) is 10.8 Å². The predicted octanol–water partition coefficient (Wildman–Crippen LogP) is 3.93. The van der Waals surface area contributed by atoms with Crippen molar-refractivity contribution in [1.82, 2.24) is 4.98 Å². The van der Waals surface area contributed by atoms with Crippen molar-refractivity contribution in [2.45, 2.75) is 0 Å². The molecule has 1 saturated heterocycles. The minimum Gasteiger partial charge on any atom is -0.367 e. The highest BCUT2D eigenvalue weighted by atomic mass is 32.2. The van der Waals surface area contributed by atoms with Gasteiger partial charge in [0.05, 0.1) is 13.2 Å². The molecule has 1 aromatic heterocycles. The largest absolute Gasteiger partial charge is 0.367 e. The molecule has 25 heavy (non-hydrogen) atoms. The Morgan fingerprint density at radius 1 is 1.12 bits per heavy atom. The highest BCUT2D eigenvalue weighted by Gasteiger charge is 2.13. The summed E-state index contributed by atoms with van der Waals surface area (Å²) in [5.74, 6) is 0.550. The van der Waals surface area contributed by atoms with Crippen LogP contribution in [0.2, 0.25) is 0 Å². The number of amides is 1. The van der Waals surface area contributed by atoms with Crippen LogP contribution in [0.15, 0.2) is 60.9 Å². The van der Waals surface area contributed by atoms with Crippen LogP contribution < -0.4 is 9.62 Å². The smallest absolute Gasteiger partial charge is 0.255 e. The molecule has 1 fully saturated rings. The number of carbonyl (C=O) groups excluding carboxylic acids is 1. The first kappa shape index (κ1) is 15.9. The fourth-order valence-electron chi connectivity index (χ4n) is 2.72. The lowest BCUT2D eigenvalue weighted by molar-refractivity contribution is 0.102. The Kier molecular flexibility index (Phi) is 4.54. The van der Waals surface area contributed by atoms with E-state index in [9.17, 15) is 4.79 Å². The van der Waals surface area contributed by atoms with Crippen LogP contribution in [0.3, 0.4) is 0 Å². The van der Waals surface area contributed by atoms with Crippen molar-refractivity contribution in [1.29, 1.82) is 0 Å². The summed E-state index contributed by atoms with van der Waals surface area (Å²) >= 11 is 1.64. The quantitative estimate of drug-likeness (QED) is 0.725. The van der Waals surface area contributed by atoms with Gasteiger partial charge in [-0.3, -0.25) is 9.78 Å². The fraction of sp³-hybridized carbons (Fsp3) is 0.158. The third-order valence-corrected chi connectivity index (χ3v) is 5.02. The van der Waals surface area contributed by atoms with Gasteiger partial charge in [0, 0.05) is 34.7 Å². The van der Waals surface area contributed by atoms with Gasteiger partial charge in [0.15, 0.2) is 0 Å². The summed E-state index contributed by atoms with van der Waals surface area (Å²) in [4.78, 5) is 16.6. The van der Waals surface area contributed by atoms with Crippen LogP contribution >= 0.6 is 11.9 Å². The minimum absolute atomic E-state index is 0.116. The number of nitrogens with zero attached hydrogens (tertiary/aromatic N) is 2. The number of hydrogen-bond donors (Lipinski definition) is 1. The number of pyridine rings is 1. The van der Waals surface area contributed by atoms with Crippen LogP contribution in [0, 0.1) is 0 Å². The molecule has 6 heteroatoms. The number of hydrogen-bond acceptors (Lipinski definition) is 5. The van der Waals surface area contributed by atoms with Crippen molar-refractivity contribution in [2.24, 2.45) is 0 Å². The Morgan fingerprint density at radius 3 is 2.80 bits per heavy atom. The molecule has 3 aromatic rings. The van der Waals surface area contributed by atoms with Gasteiger partial charge in [0.1, 0.15) is 5.94 Å². The van der Waals surface area contributed by atoms with Gasteiger partial charge in [-0.05, 0) is 59.8 Å². The van der Waals surface area contributed by atoms with Crippen molar-refractivity contribution in [3.63, 3.8) is 0 Å². The molecule has 5 nitrogen and oxygen atoms in total. The van der Waals surface area contributed by atoms with E-state index in [1.807, 2.05) is 54.7 Å². The predicted molar refractivity (Wildman–Crippen MR) is 102 cm³/mol. The summed E-state index contributed by atoms with van der Waals surface area (Å²) in [6.45, 7) is 1.58. The van der Waals surface area contributed by atoms with Crippen molar-refractivity contribution in [2.75, 3.05) is 28.7 Å². The van der Waals surface area contributed by atoms with Crippen molar-refractivity contribution < 1.29 is 9.53 Å². The average Bonchev–Trinajstić information content (AvgIpc) is 2.69. The van der Waals surface area contributed by atoms with Gasteiger partial charge in [-0.15, -0.1) is 0 Å². The average molecular weight is 351 g/mol. The van der Waals surface area contributed by atoms with Gasteiger partial charge in [0.2, 0.25) is 0 Å². The fourth-order valence-corrected chi connectivity index (χ4v) is 3.51. The Hall–Kier alpha value is -2.57. The first-order valence-corrected chi connectivity index (χ1v) is 8.97. The number of anilines is 2. The van der Waals surface area contributed by atoms with E-state index in [1.165, 1.54) is 0 Å². The maximum atomic E-state index is 12.5. The molecule has 0 bridgehead atoms. The van der Waals surface area contributed by atoms with Gasteiger partial charge >= 0.3 is 0 Å². The molecule has 1 aliphatic rings. The van der Waals surface area contributed by atoms with Crippen LogP contribution in [-0.2, 0) is 4.74 Å². The first-order valence-electron chi connectivity index (χ1n) is 8.03. The number of rotatable bonds is 3. The molecule has 0 radical (unpaired) electrons. The van der Waals surface area contributed by atoms with E-state index >= 15 is 0 Å². The lowest BCUT2D eigenvalue weighted by atomic mass is 10.1. The van der Waals surface area contributed by atoms with Crippen LogP contribution in [-0.4, -0.2) is 30.0 Å². The number of ether oxygens (including phenoxy) is 1. The summed E-state index contributed by atoms with van der Waals surface area (Å²) in [6, 6.07) is 15.4. The normalized spacial score (nSPS) is 14.5. The highest BCUT2D eigenvalue weighted by molar-refractivity contribution is 8.00. The topological polar surface area (TPSA) is 54.5 Å². The van der Waals surface area contributed by atoms with Gasteiger partial charge in [-0.25, -0.2) is 0 Å². The number of aromatic nitrogens is 1. The van der Waals surface area contributed by atoms with E-state index < -0.39 is 0 Å².